The van der Waals surface area contributed by atoms with Gasteiger partial charge in [-0.15, -0.1) is 0 Å². The molecule has 0 aromatic carbocycles. The Hall–Kier alpha value is 0.0649. The summed E-state index contributed by atoms with van der Waals surface area (Å²) in [6.45, 7) is 11.9. The van der Waals surface area contributed by atoms with Gasteiger partial charge in [-0.1, -0.05) is 73.0 Å². The molecule has 0 aromatic heterocycles. The van der Waals surface area contributed by atoms with Crippen LogP contribution in [0, 0.1) is 46.3 Å². The average molecular weight is 370 g/mol. The zero-order valence-electron chi connectivity index (χ0n) is 19.2. The molecule has 0 nitrogen and oxygen atoms in total. The molecule has 0 aromatic rings. The average Bonchev–Trinajstić information content (AvgIpc) is 3.02. The summed E-state index contributed by atoms with van der Waals surface area (Å²) >= 11 is 0. The molecule has 8 atom stereocenters. The van der Waals surface area contributed by atoms with Crippen LogP contribution >= 0.6 is 0 Å². The van der Waals surface area contributed by atoms with Crippen LogP contribution in [0.4, 0.5) is 0 Å². The van der Waals surface area contributed by atoms with Crippen LogP contribution in [0.5, 0.6) is 0 Å². The van der Waals surface area contributed by atoms with Gasteiger partial charge in [-0.05, 0) is 91.3 Å². The quantitative estimate of drug-likeness (QED) is 0.439. The van der Waals surface area contributed by atoms with Crippen LogP contribution in [0.2, 0.25) is 6.32 Å². The van der Waals surface area contributed by atoms with Gasteiger partial charge in [0.2, 0.25) is 0 Å². The largest absolute Gasteiger partial charge is 0.0884 e. The molecule has 0 N–H and O–H groups in total. The van der Waals surface area contributed by atoms with Gasteiger partial charge in [0.25, 0.3) is 0 Å². The van der Waals surface area contributed by atoms with Gasteiger partial charge in [0.05, 0.1) is 7.85 Å². The second-order valence-corrected chi connectivity index (χ2v) is 10.8. The van der Waals surface area contributed by atoms with Crippen LogP contribution in [0.15, 0.2) is 0 Å². The van der Waals surface area contributed by atoms with E-state index in [-0.39, 0.29) is 0 Å². The summed E-state index contributed by atoms with van der Waals surface area (Å²) in [4.78, 5) is 0. The summed E-state index contributed by atoms with van der Waals surface area (Å²) in [7, 11) is 6.05. The third-order valence-electron chi connectivity index (χ3n) is 10.3. The van der Waals surface area contributed by atoms with Crippen LogP contribution in [-0.4, -0.2) is 7.85 Å². The van der Waals surface area contributed by atoms with E-state index in [9.17, 15) is 0 Å². The van der Waals surface area contributed by atoms with E-state index in [2.05, 4.69) is 20.8 Å². The van der Waals surface area contributed by atoms with Gasteiger partial charge in [0.1, 0.15) is 0 Å². The predicted molar refractivity (Wildman–Crippen MR) is 120 cm³/mol. The number of fused-ring (bicyclic) bond motifs is 5. The van der Waals surface area contributed by atoms with E-state index in [1.54, 1.807) is 19.3 Å². The molecule has 0 spiro atoms. The summed E-state index contributed by atoms with van der Waals surface area (Å²) < 4.78 is 0. The lowest BCUT2D eigenvalue weighted by Gasteiger charge is -2.63. The fourth-order valence-electron chi connectivity index (χ4n) is 9.01. The molecule has 4 fully saturated rings. The SMILES string of the molecule is CC.[B]CCC1CCC2C3CCC4CCCCC4(C)C3CC(CCC)C12C. The molecule has 4 aliphatic rings. The van der Waals surface area contributed by atoms with Crippen LogP contribution in [0.1, 0.15) is 112 Å². The number of hydrogen-bond acceptors (Lipinski definition) is 0. The summed E-state index contributed by atoms with van der Waals surface area (Å²) in [6.07, 6.45) is 18.8. The maximum Gasteiger partial charge on any atom is 0.0653 e. The third-order valence-corrected chi connectivity index (χ3v) is 10.3. The molecule has 8 unspecified atom stereocenters. The Kier molecular flexibility index (Phi) is 7.12. The van der Waals surface area contributed by atoms with Gasteiger partial charge in [0, 0.05) is 0 Å². The van der Waals surface area contributed by atoms with Crippen molar-refractivity contribution in [3.63, 3.8) is 0 Å². The maximum atomic E-state index is 6.05. The van der Waals surface area contributed by atoms with Crippen molar-refractivity contribution in [1.82, 2.24) is 0 Å². The Morgan fingerprint density at radius 1 is 0.852 bits per heavy atom. The van der Waals surface area contributed by atoms with E-state index in [1.807, 2.05) is 13.8 Å². The van der Waals surface area contributed by atoms with E-state index in [1.165, 1.54) is 57.8 Å². The van der Waals surface area contributed by atoms with Gasteiger partial charge in [-0.3, -0.25) is 0 Å². The fourth-order valence-corrected chi connectivity index (χ4v) is 9.01. The molecule has 0 bridgehead atoms. The lowest BCUT2D eigenvalue weighted by Crippen LogP contribution is -2.55. The van der Waals surface area contributed by atoms with Crippen molar-refractivity contribution in [2.45, 2.75) is 118 Å². The summed E-state index contributed by atoms with van der Waals surface area (Å²) in [6, 6.07) is 0. The minimum absolute atomic E-state index is 0.606. The Bertz CT molecular complexity index is 473. The van der Waals surface area contributed by atoms with Crippen LogP contribution in [0.3, 0.4) is 0 Å². The first-order valence-electron chi connectivity index (χ1n) is 12.8. The molecular formula is C26H47B. The first kappa shape index (κ1) is 21.8. The van der Waals surface area contributed by atoms with Crippen molar-refractivity contribution < 1.29 is 0 Å². The van der Waals surface area contributed by atoms with Gasteiger partial charge in [-0.25, -0.2) is 0 Å². The van der Waals surface area contributed by atoms with Crippen molar-refractivity contribution in [2.75, 3.05) is 0 Å². The Labute approximate surface area is 172 Å². The molecule has 27 heavy (non-hydrogen) atoms. The topological polar surface area (TPSA) is 0 Å². The van der Waals surface area contributed by atoms with Gasteiger partial charge in [-0.2, -0.15) is 0 Å². The summed E-state index contributed by atoms with van der Waals surface area (Å²) in [5.74, 6) is 6.03. The van der Waals surface area contributed by atoms with E-state index in [0.717, 1.165) is 41.8 Å². The first-order valence-corrected chi connectivity index (χ1v) is 12.8. The maximum absolute atomic E-state index is 6.05. The molecule has 1 heteroatoms. The molecule has 0 saturated heterocycles. The molecule has 0 heterocycles. The molecule has 4 aliphatic carbocycles. The van der Waals surface area contributed by atoms with Crippen molar-refractivity contribution in [3.05, 3.63) is 0 Å². The molecule has 4 rings (SSSR count). The zero-order valence-corrected chi connectivity index (χ0v) is 19.2. The molecule has 0 aliphatic heterocycles. The lowest BCUT2D eigenvalue weighted by atomic mass is 9.42. The highest BCUT2D eigenvalue weighted by atomic mass is 14.7. The molecule has 0 amide bonds. The monoisotopic (exact) mass is 370 g/mol. The first-order chi connectivity index (χ1) is 13.1. The standard InChI is InChI=1S/C24H41B.C2H6/c1-4-7-19-16-22-20(11-9-17-8-5-6-14-23(17,22)2)21-12-10-18(13-15-25)24(19,21)3;1-2/h17-22H,4-16H2,1-3H3;1-2H3. The van der Waals surface area contributed by atoms with Crippen molar-refractivity contribution in [2.24, 2.45) is 46.3 Å². The number of hydrogen-bond donors (Lipinski definition) is 0. The second kappa shape index (κ2) is 8.83. The van der Waals surface area contributed by atoms with Gasteiger partial charge >= 0.3 is 0 Å². The minimum atomic E-state index is 0.606. The molecular weight excluding hydrogens is 323 g/mol. The van der Waals surface area contributed by atoms with Crippen molar-refractivity contribution in [1.29, 1.82) is 0 Å². The lowest BCUT2D eigenvalue weighted by molar-refractivity contribution is -0.139. The van der Waals surface area contributed by atoms with E-state index >= 15 is 0 Å². The minimum Gasteiger partial charge on any atom is -0.0884 e. The Morgan fingerprint density at radius 3 is 2.33 bits per heavy atom. The summed E-state index contributed by atoms with van der Waals surface area (Å²) in [5.41, 5.74) is 1.29. The number of rotatable bonds is 4. The van der Waals surface area contributed by atoms with Gasteiger partial charge in [0.15, 0.2) is 0 Å². The smallest absolute Gasteiger partial charge is 0.0653 e. The van der Waals surface area contributed by atoms with Crippen molar-refractivity contribution in [3.8, 4) is 0 Å². The second-order valence-electron chi connectivity index (χ2n) is 10.8. The van der Waals surface area contributed by atoms with Crippen molar-refractivity contribution >= 4 is 7.85 Å². The molecule has 4 saturated carbocycles. The van der Waals surface area contributed by atoms with Crippen LogP contribution in [-0.2, 0) is 0 Å². The highest BCUT2D eigenvalue weighted by molar-refractivity contribution is 6.08. The third kappa shape index (κ3) is 3.46. The zero-order chi connectivity index (χ0) is 19.7. The van der Waals surface area contributed by atoms with E-state index in [4.69, 9.17) is 7.85 Å². The molecule has 2 radical (unpaired) electrons. The molecule has 154 valence electrons. The van der Waals surface area contributed by atoms with Crippen LogP contribution in [0.25, 0.3) is 0 Å². The van der Waals surface area contributed by atoms with E-state index < -0.39 is 0 Å². The van der Waals surface area contributed by atoms with E-state index in [0.29, 0.717) is 10.8 Å². The highest BCUT2D eigenvalue weighted by Gasteiger charge is 2.62. The summed E-state index contributed by atoms with van der Waals surface area (Å²) in [5, 5.41) is 0. The Morgan fingerprint density at radius 2 is 1.63 bits per heavy atom. The van der Waals surface area contributed by atoms with Gasteiger partial charge < -0.3 is 0 Å². The fraction of sp³-hybridized carbons (Fsp3) is 1.00. The van der Waals surface area contributed by atoms with Crippen LogP contribution < -0.4 is 0 Å². The normalized spacial score (nSPS) is 48.6. The predicted octanol–water partition coefficient (Wildman–Crippen LogP) is 8.06. The Balaban J connectivity index is 0.00000102. The highest BCUT2D eigenvalue weighted by Crippen LogP contribution is 2.70.